The van der Waals surface area contributed by atoms with Crippen molar-refractivity contribution >= 4 is 57.3 Å². The van der Waals surface area contributed by atoms with Crippen LogP contribution in [0.25, 0.3) is 6.08 Å². The van der Waals surface area contributed by atoms with Gasteiger partial charge in [0.2, 0.25) is 5.75 Å². The zero-order chi connectivity index (χ0) is 27.6. The second kappa shape index (κ2) is 11.0. The third-order valence-corrected chi connectivity index (χ3v) is 6.98. The summed E-state index contributed by atoms with van der Waals surface area (Å²) in [6.45, 7) is 6.00. The van der Waals surface area contributed by atoms with Gasteiger partial charge in [-0.3, -0.25) is 29.9 Å². The Bertz CT molecular complexity index is 1520. The molecule has 12 heteroatoms. The van der Waals surface area contributed by atoms with Crippen molar-refractivity contribution in [2.75, 3.05) is 11.5 Å². The first kappa shape index (κ1) is 26.8. The second-order valence-electron chi connectivity index (χ2n) is 8.19. The highest BCUT2D eigenvalue weighted by Crippen LogP contribution is 2.40. The van der Waals surface area contributed by atoms with E-state index in [-0.39, 0.29) is 29.8 Å². The van der Waals surface area contributed by atoms with Gasteiger partial charge >= 0.3 is 5.69 Å². The number of thiocarbonyl (C=S) groups is 1. The van der Waals surface area contributed by atoms with Gasteiger partial charge in [0.15, 0.2) is 15.8 Å². The summed E-state index contributed by atoms with van der Waals surface area (Å²) < 4.78 is 11.8. The summed E-state index contributed by atoms with van der Waals surface area (Å²) in [6.07, 6.45) is 1.68. The molecule has 0 aliphatic carbocycles. The van der Waals surface area contributed by atoms with Crippen LogP contribution in [0.1, 0.15) is 23.6 Å². The Kier molecular flexibility index (Phi) is 7.74. The summed E-state index contributed by atoms with van der Waals surface area (Å²) in [5.74, 6) is 0.0220. The van der Waals surface area contributed by atoms with Crippen molar-refractivity contribution in [1.29, 1.82) is 0 Å². The number of nitro benzene ring substituents is 2. The smallest absolute Gasteiger partial charge is 0.318 e. The van der Waals surface area contributed by atoms with E-state index in [0.29, 0.717) is 20.5 Å². The molecule has 1 heterocycles. The Morgan fingerprint density at radius 1 is 0.947 bits per heavy atom. The minimum absolute atomic E-state index is 0.170. The minimum atomic E-state index is -0.755. The molecule has 0 atom stereocenters. The maximum atomic E-state index is 13.2. The van der Waals surface area contributed by atoms with E-state index in [1.54, 1.807) is 31.2 Å². The van der Waals surface area contributed by atoms with Gasteiger partial charge in [0.25, 0.3) is 11.6 Å². The van der Waals surface area contributed by atoms with E-state index in [2.05, 4.69) is 0 Å². The van der Waals surface area contributed by atoms with Crippen LogP contribution in [0.3, 0.4) is 0 Å². The van der Waals surface area contributed by atoms with Crippen LogP contribution in [0.5, 0.6) is 17.2 Å². The molecule has 1 aliphatic rings. The highest BCUT2D eigenvalue weighted by Gasteiger charge is 2.33. The third-order valence-electron chi connectivity index (χ3n) is 5.68. The van der Waals surface area contributed by atoms with Crippen LogP contribution in [0.15, 0.2) is 59.5 Å². The minimum Gasteiger partial charge on any atom is -0.490 e. The molecule has 0 bridgehead atoms. The second-order valence-corrected chi connectivity index (χ2v) is 9.87. The number of hydrogen-bond donors (Lipinski definition) is 0. The summed E-state index contributed by atoms with van der Waals surface area (Å²) in [7, 11) is 0. The van der Waals surface area contributed by atoms with E-state index in [1.165, 1.54) is 16.7 Å². The van der Waals surface area contributed by atoms with Crippen LogP contribution in [0.4, 0.5) is 17.1 Å². The lowest BCUT2D eigenvalue weighted by Gasteiger charge is -2.16. The molecule has 1 saturated heterocycles. The van der Waals surface area contributed by atoms with Gasteiger partial charge in [-0.25, -0.2) is 0 Å². The monoisotopic (exact) mass is 551 g/mol. The van der Waals surface area contributed by atoms with Gasteiger partial charge in [-0.05, 0) is 73.9 Å². The van der Waals surface area contributed by atoms with Crippen molar-refractivity contribution in [3.8, 4) is 17.2 Å². The first-order chi connectivity index (χ1) is 18.1. The highest BCUT2D eigenvalue weighted by atomic mass is 32.2. The fourth-order valence-corrected chi connectivity index (χ4v) is 4.94. The third kappa shape index (κ3) is 5.50. The van der Waals surface area contributed by atoms with Crippen molar-refractivity contribution in [3.63, 3.8) is 0 Å². The van der Waals surface area contributed by atoms with E-state index in [1.807, 2.05) is 32.0 Å². The van der Waals surface area contributed by atoms with E-state index in [4.69, 9.17) is 21.7 Å². The average Bonchev–Trinajstić information content (AvgIpc) is 3.15. The number of rotatable bonds is 8. The number of nitro groups is 2. The van der Waals surface area contributed by atoms with Gasteiger partial charge in [0.1, 0.15) is 0 Å². The van der Waals surface area contributed by atoms with E-state index >= 15 is 0 Å². The quantitative estimate of drug-likeness (QED) is 0.130. The molecule has 4 rings (SSSR count). The summed E-state index contributed by atoms with van der Waals surface area (Å²) >= 11 is 6.66. The van der Waals surface area contributed by atoms with Crippen LogP contribution < -0.4 is 14.4 Å². The highest BCUT2D eigenvalue weighted by molar-refractivity contribution is 8.27. The molecule has 0 spiro atoms. The Morgan fingerprint density at radius 2 is 1.68 bits per heavy atom. The number of benzene rings is 3. The number of non-ortho nitro benzene ring substituents is 1. The SMILES string of the molecule is CCOc1cc(C=C2SC(=S)N(c3ccc(C)c(C)c3)C2=O)ccc1Oc1ccc([N+](=O)[O-])cc1[N+](=O)[O-]. The van der Waals surface area contributed by atoms with Crippen molar-refractivity contribution in [3.05, 3.63) is 96.4 Å². The van der Waals surface area contributed by atoms with E-state index in [9.17, 15) is 25.0 Å². The fourth-order valence-electron chi connectivity index (χ4n) is 3.64. The summed E-state index contributed by atoms with van der Waals surface area (Å²) in [4.78, 5) is 36.1. The molecular formula is C26H21N3O7S2. The molecule has 3 aromatic carbocycles. The normalized spacial score (nSPS) is 14.2. The van der Waals surface area contributed by atoms with E-state index in [0.717, 1.165) is 29.3 Å². The zero-order valence-corrected chi connectivity index (χ0v) is 22.1. The number of nitrogens with zero attached hydrogens (tertiary/aromatic N) is 3. The number of ether oxygens (including phenoxy) is 2. The van der Waals surface area contributed by atoms with Gasteiger partial charge in [0, 0.05) is 6.07 Å². The van der Waals surface area contributed by atoms with Crippen LogP contribution in [-0.4, -0.2) is 26.7 Å². The predicted octanol–water partition coefficient (Wildman–Crippen LogP) is 6.72. The van der Waals surface area contributed by atoms with E-state index < -0.39 is 21.2 Å². The standard InChI is InChI=1S/C26H21N3O7S2/c1-4-35-23-12-17(6-9-22(23)36-21-10-8-19(28(31)32)14-20(21)29(33)34)13-24-25(30)27(26(37)38-24)18-7-5-15(2)16(3)11-18/h5-14H,4H2,1-3H3. The number of carbonyl (C=O) groups is 1. The average molecular weight is 552 g/mol. The predicted molar refractivity (Wildman–Crippen MR) is 149 cm³/mol. The molecule has 10 nitrogen and oxygen atoms in total. The van der Waals surface area contributed by atoms with Gasteiger partial charge in [-0.2, -0.15) is 0 Å². The molecule has 3 aromatic rings. The Balaban J connectivity index is 1.64. The largest absolute Gasteiger partial charge is 0.490 e. The molecule has 38 heavy (non-hydrogen) atoms. The first-order valence-corrected chi connectivity index (χ1v) is 12.5. The summed E-state index contributed by atoms with van der Waals surface area (Å²) in [5, 5.41) is 22.5. The van der Waals surface area contributed by atoms with Gasteiger partial charge in [0.05, 0.1) is 33.1 Å². The lowest BCUT2D eigenvalue weighted by molar-refractivity contribution is -0.394. The van der Waals surface area contributed by atoms with Gasteiger partial charge in [-0.1, -0.05) is 36.1 Å². The van der Waals surface area contributed by atoms with Crippen LogP contribution >= 0.6 is 24.0 Å². The molecule has 0 aromatic heterocycles. The fraction of sp³-hybridized carbons (Fsp3) is 0.154. The number of carbonyl (C=O) groups excluding carboxylic acids is 1. The number of amides is 1. The van der Waals surface area contributed by atoms with Crippen LogP contribution in [0.2, 0.25) is 0 Å². The van der Waals surface area contributed by atoms with Gasteiger partial charge < -0.3 is 9.47 Å². The molecule has 1 fully saturated rings. The molecule has 0 saturated carbocycles. The lowest BCUT2D eigenvalue weighted by atomic mass is 10.1. The summed E-state index contributed by atoms with van der Waals surface area (Å²) in [5.41, 5.74) is 2.50. The number of aryl methyl sites for hydroxylation is 2. The van der Waals surface area contributed by atoms with Crippen molar-refractivity contribution in [2.45, 2.75) is 20.8 Å². The molecular weight excluding hydrogens is 530 g/mol. The Morgan fingerprint density at radius 3 is 2.34 bits per heavy atom. The lowest BCUT2D eigenvalue weighted by Crippen LogP contribution is -2.27. The van der Waals surface area contributed by atoms with Crippen molar-refractivity contribution in [2.24, 2.45) is 0 Å². The maximum absolute atomic E-state index is 13.2. The molecule has 1 amide bonds. The first-order valence-electron chi connectivity index (χ1n) is 11.3. The molecule has 194 valence electrons. The van der Waals surface area contributed by atoms with Gasteiger partial charge in [-0.15, -0.1) is 0 Å². The molecule has 0 unspecified atom stereocenters. The maximum Gasteiger partial charge on any atom is 0.318 e. The van der Waals surface area contributed by atoms with Crippen molar-refractivity contribution in [1.82, 2.24) is 0 Å². The Labute approximate surface area is 227 Å². The topological polar surface area (TPSA) is 125 Å². The van der Waals surface area contributed by atoms with Crippen LogP contribution in [0, 0.1) is 34.1 Å². The molecule has 0 radical (unpaired) electrons. The molecule has 0 N–H and O–H groups in total. The van der Waals surface area contributed by atoms with Crippen LogP contribution in [-0.2, 0) is 4.79 Å². The number of hydrogen-bond acceptors (Lipinski definition) is 9. The molecule has 1 aliphatic heterocycles. The number of anilines is 1. The van der Waals surface area contributed by atoms with Crippen molar-refractivity contribution < 1.29 is 24.1 Å². The summed E-state index contributed by atoms with van der Waals surface area (Å²) in [6, 6.07) is 13.7. The number of thioether (sulfide) groups is 1. The zero-order valence-electron chi connectivity index (χ0n) is 20.5. The Hall–Kier alpha value is -4.29.